The first-order valence-electron chi connectivity index (χ1n) is 8.18. The van der Waals surface area contributed by atoms with E-state index in [9.17, 15) is 4.79 Å². The fourth-order valence-corrected chi connectivity index (χ4v) is 2.93. The number of esters is 1. The van der Waals surface area contributed by atoms with Crippen LogP contribution in [0.5, 0.6) is 0 Å². The van der Waals surface area contributed by atoms with Crippen molar-refractivity contribution in [2.24, 2.45) is 0 Å². The minimum Gasteiger partial charge on any atom is -0.465 e. The van der Waals surface area contributed by atoms with Gasteiger partial charge in [-0.3, -0.25) is 9.69 Å². The maximum Gasteiger partial charge on any atom is 0.323 e. The van der Waals surface area contributed by atoms with Gasteiger partial charge in [0.25, 0.3) is 0 Å². The van der Waals surface area contributed by atoms with Crippen LogP contribution in [0, 0.1) is 0 Å². The zero-order chi connectivity index (χ0) is 15.9. The molecule has 0 saturated carbocycles. The van der Waals surface area contributed by atoms with Crippen molar-refractivity contribution in [1.82, 2.24) is 10.2 Å². The molecule has 5 heteroatoms. The van der Waals surface area contributed by atoms with Crippen molar-refractivity contribution in [2.75, 3.05) is 32.8 Å². The molecule has 1 aliphatic rings. The minimum atomic E-state index is -0.203. The van der Waals surface area contributed by atoms with Gasteiger partial charge in [0.15, 0.2) is 0 Å². The lowest BCUT2D eigenvalue weighted by atomic mass is 10.0. The zero-order valence-corrected chi connectivity index (χ0v) is 14.3. The molecule has 5 nitrogen and oxygen atoms in total. The molecule has 1 saturated heterocycles. The average molecular weight is 300 g/mol. The van der Waals surface area contributed by atoms with Crippen molar-refractivity contribution in [1.29, 1.82) is 0 Å². The lowest BCUT2D eigenvalue weighted by Crippen LogP contribution is -2.53. The van der Waals surface area contributed by atoms with Gasteiger partial charge in [-0.05, 0) is 47.1 Å². The Morgan fingerprint density at radius 3 is 2.76 bits per heavy atom. The summed E-state index contributed by atoms with van der Waals surface area (Å²) in [6, 6.07) is -0.203. The minimum absolute atomic E-state index is 0.117. The largest absolute Gasteiger partial charge is 0.465 e. The molecule has 21 heavy (non-hydrogen) atoms. The van der Waals surface area contributed by atoms with Gasteiger partial charge in [-0.15, -0.1) is 0 Å². The summed E-state index contributed by atoms with van der Waals surface area (Å²) >= 11 is 0. The zero-order valence-electron chi connectivity index (χ0n) is 14.3. The van der Waals surface area contributed by atoms with Crippen molar-refractivity contribution in [3.8, 4) is 0 Å². The predicted molar refractivity (Wildman–Crippen MR) is 84.4 cm³/mol. The second kappa shape index (κ2) is 8.71. The van der Waals surface area contributed by atoms with E-state index in [1.54, 1.807) is 0 Å². The Balaban J connectivity index is 2.49. The third kappa shape index (κ3) is 6.76. The third-order valence-electron chi connectivity index (χ3n) is 3.59. The second-order valence-electron chi connectivity index (χ2n) is 6.47. The lowest BCUT2D eigenvalue weighted by molar-refractivity contribution is -0.146. The van der Waals surface area contributed by atoms with E-state index in [2.05, 4.69) is 37.9 Å². The smallest absolute Gasteiger partial charge is 0.323 e. The summed E-state index contributed by atoms with van der Waals surface area (Å²) in [6.07, 6.45) is 2.03. The Labute approximate surface area is 129 Å². The first-order chi connectivity index (χ1) is 9.88. The molecule has 0 bridgehead atoms. The highest BCUT2D eigenvalue weighted by atomic mass is 16.5. The van der Waals surface area contributed by atoms with Crippen molar-refractivity contribution >= 4 is 5.97 Å². The molecule has 1 rings (SSSR count). The highest BCUT2D eigenvalue weighted by Crippen LogP contribution is 2.21. The van der Waals surface area contributed by atoms with E-state index in [-0.39, 0.29) is 23.7 Å². The topological polar surface area (TPSA) is 50.8 Å². The molecule has 0 aromatic heterocycles. The molecule has 1 heterocycles. The molecule has 0 aromatic carbocycles. The van der Waals surface area contributed by atoms with Crippen LogP contribution in [0.15, 0.2) is 0 Å². The van der Waals surface area contributed by atoms with Crippen molar-refractivity contribution < 1.29 is 14.3 Å². The fourth-order valence-electron chi connectivity index (χ4n) is 2.93. The van der Waals surface area contributed by atoms with E-state index in [1.807, 2.05) is 6.92 Å². The Morgan fingerprint density at radius 2 is 2.19 bits per heavy atom. The van der Waals surface area contributed by atoms with Crippen molar-refractivity contribution in [3.05, 3.63) is 0 Å². The van der Waals surface area contributed by atoms with Crippen LogP contribution in [0.4, 0.5) is 0 Å². The number of ether oxygens (including phenoxy) is 2. The van der Waals surface area contributed by atoms with Gasteiger partial charge in [-0.25, -0.2) is 0 Å². The van der Waals surface area contributed by atoms with Crippen LogP contribution in [0.1, 0.15) is 47.5 Å². The van der Waals surface area contributed by atoms with E-state index in [4.69, 9.17) is 9.47 Å². The van der Waals surface area contributed by atoms with Crippen LogP contribution in [-0.4, -0.2) is 61.4 Å². The molecular weight excluding hydrogens is 268 g/mol. The van der Waals surface area contributed by atoms with Gasteiger partial charge in [0.2, 0.25) is 0 Å². The van der Waals surface area contributed by atoms with Gasteiger partial charge in [-0.2, -0.15) is 0 Å². The first kappa shape index (κ1) is 18.4. The Hall–Kier alpha value is -0.650. The number of carbonyl (C=O) groups excluding carboxylic acids is 1. The van der Waals surface area contributed by atoms with Crippen LogP contribution in [0.2, 0.25) is 0 Å². The van der Waals surface area contributed by atoms with Crippen LogP contribution < -0.4 is 5.32 Å². The number of nitrogens with one attached hydrogen (secondary N) is 1. The van der Waals surface area contributed by atoms with E-state index < -0.39 is 0 Å². The van der Waals surface area contributed by atoms with E-state index in [0.29, 0.717) is 6.61 Å². The van der Waals surface area contributed by atoms with E-state index in [1.165, 1.54) is 0 Å². The van der Waals surface area contributed by atoms with Crippen molar-refractivity contribution in [3.63, 3.8) is 0 Å². The third-order valence-corrected chi connectivity index (χ3v) is 3.59. The van der Waals surface area contributed by atoms with E-state index in [0.717, 1.165) is 39.0 Å². The molecule has 1 fully saturated rings. The summed E-state index contributed by atoms with van der Waals surface area (Å²) in [7, 11) is 0. The molecular formula is C16H32N2O3. The number of rotatable bonds is 8. The molecule has 2 unspecified atom stereocenters. The first-order valence-corrected chi connectivity index (χ1v) is 8.18. The molecule has 0 aromatic rings. The molecule has 2 atom stereocenters. The molecule has 0 spiro atoms. The number of morpholine rings is 1. The van der Waals surface area contributed by atoms with Crippen LogP contribution in [-0.2, 0) is 14.3 Å². The van der Waals surface area contributed by atoms with Gasteiger partial charge in [0.1, 0.15) is 6.04 Å². The molecule has 1 aliphatic heterocycles. The summed E-state index contributed by atoms with van der Waals surface area (Å²) in [5.41, 5.74) is -0.117. The SMILES string of the molecule is CCCNC(CCN1CC(C)OC(C)(C)C1)C(=O)OCC. The molecule has 0 aliphatic carbocycles. The van der Waals surface area contributed by atoms with Gasteiger partial charge in [0, 0.05) is 19.6 Å². The fraction of sp³-hybridized carbons (Fsp3) is 0.938. The highest BCUT2D eigenvalue weighted by Gasteiger charge is 2.31. The van der Waals surface area contributed by atoms with Crippen LogP contribution in [0.3, 0.4) is 0 Å². The lowest BCUT2D eigenvalue weighted by Gasteiger charge is -2.42. The van der Waals surface area contributed by atoms with Crippen molar-refractivity contribution in [2.45, 2.75) is 65.2 Å². The van der Waals surface area contributed by atoms with Gasteiger partial charge in [-0.1, -0.05) is 6.92 Å². The number of carbonyl (C=O) groups is 1. The summed E-state index contributed by atoms with van der Waals surface area (Å²) in [6.45, 7) is 14.3. The summed E-state index contributed by atoms with van der Waals surface area (Å²) in [4.78, 5) is 14.4. The van der Waals surface area contributed by atoms with Gasteiger partial charge < -0.3 is 14.8 Å². The number of nitrogens with zero attached hydrogens (tertiary/aromatic N) is 1. The van der Waals surface area contributed by atoms with Crippen LogP contribution in [0.25, 0.3) is 0 Å². The maximum atomic E-state index is 12.0. The molecule has 124 valence electrons. The van der Waals surface area contributed by atoms with E-state index >= 15 is 0 Å². The number of hydrogen-bond donors (Lipinski definition) is 1. The molecule has 1 N–H and O–H groups in total. The Bertz CT molecular complexity index is 321. The highest BCUT2D eigenvalue weighted by molar-refractivity contribution is 5.75. The maximum absolute atomic E-state index is 12.0. The monoisotopic (exact) mass is 300 g/mol. The summed E-state index contributed by atoms with van der Waals surface area (Å²) < 4.78 is 11.1. The average Bonchev–Trinajstić information content (AvgIpc) is 2.36. The quantitative estimate of drug-likeness (QED) is 0.693. The molecule has 0 amide bonds. The number of hydrogen-bond acceptors (Lipinski definition) is 5. The Kier molecular flexibility index (Phi) is 7.63. The predicted octanol–water partition coefficient (Wildman–Crippen LogP) is 1.81. The van der Waals surface area contributed by atoms with Crippen LogP contribution >= 0.6 is 0 Å². The summed E-state index contributed by atoms with van der Waals surface area (Å²) in [5.74, 6) is -0.133. The standard InChI is InChI=1S/C16H32N2O3/c1-6-9-17-14(15(19)20-7-2)8-10-18-11-13(3)21-16(4,5)12-18/h13-14,17H,6-12H2,1-5H3. The normalized spacial score (nSPS) is 23.8. The summed E-state index contributed by atoms with van der Waals surface area (Å²) in [5, 5.41) is 3.29. The molecule has 0 radical (unpaired) electrons. The van der Waals surface area contributed by atoms with Gasteiger partial charge >= 0.3 is 5.97 Å². The van der Waals surface area contributed by atoms with Gasteiger partial charge in [0.05, 0.1) is 18.3 Å². The Morgan fingerprint density at radius 1 is 1.48 bits per heavy atom. The second-order valence-corrected chi connectivity index (χ2v) is 6.47.